The first-order valence-electron chi connectivity index (χ1n) is 10.6. The van der Waals surface area contributed by atoms with E-state index in [0.717, 1.165) is 28.9 Å². The van der Waals surface area contributed by atoms with E-state index in [4.69, 9.17) is 12.2 Å². The van der Waals surface area contributed by atoms with Gasteiger partial charge in [-0.3, -0.25) is 19.8 Å². The molecule has 1 saturated carbocycles. The number of hydrogen-bond acceptors (Lipinski definition) is 3. The fourth-order valence-corrected chi connectivity index (χ4v) is 5.01. The summed E-state index contributed by atoms with van der Waals surface area (Å²) >= 11 is 5.35. The van der Waals surface area contributed by atoms with Gasteiger partial charge in [0.15, 0.2) is 5.11 Å². The average Bonchev–Trinajstić information content (AvgIpc) is 3.33. The van der Waals surface area contributed by atoms with E-state index < -0.39 is 5.91 Å². The van der Waals surface area contributed by atoms with Gasteiger partial charge in [0.05, 0.1) is 5.69 Å². The van der Waals surface area contributed by atoms with Crippen LogP contribution in [-0.4, -0.2) is 21.5 Å². The number of rotatable bonds is 4. The Morgan fingerprint density at radius 2 is 1.87 bits per heavy atom. The lowest BCUT2D eigenvalue weighted by atomic mass is 10.0. The standard InChI is InChI=1S/C24H27N3O2S/c1-4-17-9-5-8-12-21(17)27-23(29)20(22(28)25-24(27)30)14-18-13-15(2)26(16(18)3)19-10-6-7-11-19/h5,8-9,12-14,19H,4,6-7,10-11H2,1-3H3,(H,25,28,30)/b20-14-. The number of benzene rings is 1. The lowest BCUT2D eigenvalue weighted by Crippen LogP contribution is -2.54. The van der Waals surface area contributed by atoms with Crippen molar-refractivity contribution in [2.75, 3.05) is 4.90 Å². The highest BCUT2D eigenvalue weighted by atomic mass is 32.1. The first kappa shape index (κ1) is 20.5. The molecule has 0 radical (unpaired) electrons. The van der Waals surface area contributed by atoms with Crippen molar-refractivity contribution in [1.29, 1.82) is 0 Å². The van der Waals surface area contributed by atoms with Gasteiger partial charge in [0, 0.05) is 17.4 Å². The molecule has 5 nitrogen and oxygen atoms in total. The van der Waals surface area contributed by atoms with Crippen molar-refractivity contribution in [3.63, 3.8) is 0 Å². The monoisotopic (exact) mass is 421 g/mol. The van der Waals surface area contributed by atoms with Gasteiger partial charge in [-0.15, -0.1) is 0 Å². The molecule has 2 fully saturated rings. The predicted octanol–water partition coefficient (Wildman–Crippen LogP) is 4.61. The van der Waals surface area contributed by atoms with Crippen molar-refractivity contribution in [2.45, 2.75) is 58.9 Å². The Kier molecular flexibility index (Phi) is 5.60. The van der Waals surface area contributed by atoms with Crippen LogP contribution in [0.25, 0.3) is 6.08 Å². The van der Waals surface area contributed by atoms with Crippen LogP contribution in [0.1, 0.15) is 61.2 Å². The Hall–Kier alpha value is -2.73. The smallest absolute Gasteiger partial charge is 0.270 e. The molecular formula is C24H27N3O2S. The number of thiocarbonyl (C=S) groups is 1. The van der Waals surface area contributed by atoms with Crippen LogP contribution in [0.3, 0.4) is 0 Å². The van der Waals surface area contributed by atoms with Crippen molar-refractivity contribution >= 4 is 40.9 Å². The molecule has 0 spiro atoms. The van der Waals surface area contributed by atoms with Crippen molar-refractivity contribution in [3.05, 3.63) is 58.4 Å². The Morgan fingerprint density at radius 3 is 2.57 bits per heavy atom. The van der Waals surface area contributed by atoms with E-state index in [0.29, 0.717) is 6.04 Å². The number of aryl methyl sites for hydroxylation is 2. The van der Waals surface area contributed by atoms with Crippen molar-refractivity contribution in [2.24, 2.45) is 0 Å². The highest BCUT2D eigenvalue weighted by molar-refractivity contribution is 7.80. The van der Waals surface area contributed by atoms with Gasteiger partial charge in [0.1, 0.15) is 5.57 Å². The molecule has 2 heterocycles. The lowest BCUT2D eigenvalue weighted by Gasteiger charge is -2.30. The number of carbonyl (C=O) groups excluding carboxylic acids is 2. The summed E-state index contributed by atoms with van der Waals surface area (Å²) in [5.41, 5.74) is 5.01. The molecule has 1 saturated heterocycles. The van der Waals surface area contributed by atoms with E-state index >= 15 is 0 Å². The summed E-state index contributed by atoms with van der Waals surface area (Å²) in [6.07, 6.45) is 7.35. The molecule has 0 atom stereocenters. The van der Waals surface area contributed by atoms with Gasteiger partial charge in [-0.1, -0.05) is 38.0 Å². The number of amides is 2. The van der Waals surface area contributed by atoms with E-state index in [9.17, 15) is 9.59 Å². The predicted molar refractivity (Wildman–Crippen MR) is 123 cm³/mol. The second kappa shape index (κ2) is 8.19. The maximum atomic E-state index is 13.4. The van der Waals surface area contributed by atoms with Gasteiger partial charge in [-0.05, 0) is 74.7 Å². The topological polar surface area (TPSA) is 54.3 Å². The van der Waals surface area contributed by atoms with Crippen LogP contribution in [0.2, 0.25) is 0 Å². The number of nitrogens with one attached hydrogen (secondary N) is 1. The van der Waals surface area contributed by atoms with Crippen LogP contribution in [0, 0.1) is 13.8 Å². The zero-order valence-corrected chi connectivity index (χ0v) is 18.5. The largest absolute Gasteiger partial charge is 0.346 e. The summed E-state index contributed by atoms with van der Waals surface area (Å²) in [5.74, 6) is -0.823. The van der Waals surface area contributed by atoms with E-state index in [1.807, 2.05) is 31.2 Å². The van der Waals surface area contributed by atoms with Gasteiger partial charge in [-0.2, -0.15) is 0 Å². The highest BCUT2D eigenvalue weighted by Crippen LogP contribution is 2.34. The van der Waals surface area contributed by atoms with Crippen molar-refractivity contribution < 1.29 is 9.59 Å². The van der Waals surface area contributed by atoms with Crippen LogP contribution in [0.5, 0.6) is 0 Å². The number of nitrogens with zero attached hydrogens (tertiary/aromatic N) is 2. The first-order valence-corrected chi connectivity index (χ1v) is 11.0. The zero-order valence-electron chi connectivity index (χ0n) is 17.7. The summed E-state index contributed by atoms with van der Waals surface area (Å²) in [7, 11) is 0. The van der Waals surface area contributed by atoms with Crippen LogP contribution in [0.15, 0.2) is 35.9 Å². The van der Waals surface area contributed by atoms with Gasteiger partial charge in [-0.25, -0.2) is 0 Å². The van der Waals surface area contributed by atoms with Crippen molar-refractivity contribution in [1.82, 2.24) is 9.88 Å². The Balaban J connectivity index is 1.74. The van der Waals surface area contributed by atoms with Crippen LogP contribution >= 0.6 is 12.2 Å². The molecule has 1 aliphatic carbocycles. The molecular weight excluding hydrogens is 394 g/mol. The Morgan fingerprint density at radius 1 is 1.17 bits per heavy atom. The number of hydrogen-bond donors (Lipinski definition) is 1. The number of para-hydroxylation sites is 1. The van der Waals surface area contributed by atoms with Gasteiger partial charge in [0.2, 0.25) is 0 Å². The highest BCUT2D eigenvalue weighted by Gasteiger charge is 2.35. The minimum Gasteiger partial charge on any atom is -0.346 e. The SMILES string of the molecule is CCc1ccccc1N1C(=O)/C(=C\c2cc(C)n(C3CCCC3)c2C)C(=O)NC1=S. The number of anilines is 1. The van der Waals surface area contributed by atoms with Crippen molar-refractivity contribution in [3.8, 4) is 0 Å². The molecule has 6 heteroatoms. The van der Waals surface area contributed by atoms with E-state index in [-0.39, 0.29) is 16.6 Å². The minimum absolute atomic E-state index is 0.112. The minimum atomic E-state index is -0.444. The van der Waals surface area contributed by atoms with E-state index in [1.165, 1.54) is 36.3 Å². The fourth-order valence-electron chi connectivity index (χ4n) is 4.73. The van der Waals surface area contributed by atoms with E-state index in [2.05, 4.69) is 29.8 Å². The maximum Gasteiger partial charge on any atom is 0.270 e. The molecule has 0 bridgehead atoms. The summed E-state index contributed by atoms with van der Waals surface area (Å²) in [5, 5.41) is 2.82. The van der Waals surface area contributed by atoms with E-state index in [1.54, 1.807) is 6.08 Å². The summed E-state index contributed by atoms with van der Waals surface area (Å²) < 4.78 is 2.36. The quantitative estimate of drug-likeness (QED) is 0.445. The van der Waals surface area contributed by atoms with Gasteiger partial charge >= 0.3 is 0 Å². The third-order valence-corrected chi connectivity index (χ3v) is 6.51. The van der Waals surface area contributed by atoms with Gasteiger partial charge < -0.3 is 4.57 Å². The molecule has 30 heavy (non-hydrogen) atoms. The van der Waals surface area contributed by atoms with Crippen LogP contribution in [-0.2, 0) is 16.0 Å². The summed E-state index contributed by atoms with van der Waals surface area (Å²) in [6.45, 7) is 6.19. The van der Waals surface area contributed by atoms with Gasteiger partial charge in [0.25, 0.3) is 11.8 Å². The molecule has 156 valence electrons. The molecule has 1 N–H and O–H groups in total. The number of carbonyl (C=O) groups is 2. The molecule has 1 aromatic heterocycles. The Labute approximate surface area is 182 Å². The third kappa shape index (κ3) is 3.49. The lowest BCUT2D eigenvalue weighted by molar-refractivity contribution is -0.122. The number of aromatic nitrogens is 1. The van der Waals surface area contributed by atoms with Crippen LogP contribution in [0.4, 0.5) is 5.69 Å². The normalized spacial score (nSPS) is 19.1. The van der Waals surface area contributed by atoms with Crippen LogP contribution < -0.4 is 10.2 Å². The molecule has 4 rings (SSSR count). The first-order chi connectivity index (χ1) is 14.4. The fraction of sp³-hybridized carbons (Fsp3) is 0.375. The molecule has 2 aliphatic rings. The molecule has 0 unspecified atom stereocenters. The maximum absolute atomic E-state index is 13.4. The molecule has 1 aromatic carbocycles. The second-order valence-electron chi connectivity index (χ2n) is 8.07. The zero-order chi connectivity index (χ0) is 21.4. The Bertz CT molecular complexity index is 1060. The average molecular weight is 422 g/mol. The summed E-state index contributed by atoms with van der Waals surface area (Å²) in [6, 6.07) is 10.2. The second-order valence-corrected chi connectivity index (χ2v) is 8.46. The molecule has 2 amide bonds. The molecule has 2 aromatic rings. The molecule has 1 aliphatic heterocycles. The summed E-state index contributed by atoms with van der Waals surface area (Å²) in [4.78, 5) is 27.5. The third-order valence-electron chi connectivity index (χ3n) is 6.23.